The quantitative estimate of drug-likeness (QED) is 0.786. The predicted octanol–water partition coefficient (Wildman–Crippen LogP) is 2.87. The minimum Gasteiger partial charge on any atom is -0.354 e. The molecule has 1 aromatic rings. The topological polar surface area (TPSA) is 46.2 Å². The van der Waals surface area contributed by atoms with Crippen molar-refractivity contribution in [1.82, 2.24) is 5.32 Å². The lowest BCUT2D eigenvalue weighted by Crippen LogP contribution is -2.29. The number of aryl methyl sites for hydroxylation is 1. The van der Waals surface area contributed by atoms with E-state index in [9.17, 15) is 9.59 Å². The molecular weight excluding hydrogens is 226 g/mol. The van der Waals surface area contributed by atoms with Crippen molar-refractivity contribution >= 4 is 11.7 Å². The molecule has 0 radical (unpaired) electrons. The van der Waals surface area contributed by atoms with Crippen molar-refractivity contribution in [3.8, 4) is 0 Å². The summed E-state index contributed by atoms with van der Waals surface area (Å²) in [6, 6.07) is 7.69. The molecule has 0 aliphatic carbocycles. The highest BCUT2D eigenvalue weighted by Crippen LogP contribution is 2.08. The maximum absolute atomic E-state index is 11.8. The van der Waals surface area contributed by atoms with Gasteiger partial charge in [-0.05, 0) is 27.2 Å². The number of benzene rings is 1. The predicted molar refractivity (Wildman–Crippen MR) is 72.6 cm³/mol. The minimum absolute atomic E-state index is 0.0155. The normalized spacial score (nSPS) is 10.4. The highest BCUT2D eigenvalue weighted by atomic mass is 16.1. The summed E-state index contributed by atoms with van der Waals surface area (Å²) in [6.45, 7) is 5.84. The van der Waals surface area contributed by atoms with E-state index in [-0.39, 0.29) is 17.7 Å². The van der Waals surface area contributed by atoms with Gasteiger partial charge in [-0.15, -0.1) is 0 Å². The van der Waals surface area contributed by atoms with E-state index >= 15 is 0 Å². The molecular formula is C15H21NO2. The Morgan fingerprint density at radius 1 is 1.11 bits per heavy atom. The monoisotopic (exact) mass is 247 g/mol. The van der Waals surface area contributed by atoms with Crippen LogP contribution in [0.1, 0.15) is 49.0 Å². The number of amides is 1. The number of carbonyl (C=O) groups is 2. The summed E-state index contributed by atoms with van der Waals surface area (Å²) in [4.78, 5) is 23.2. The van der Waals surface area contributed by atoms with Crippen molar-refractivity contribution in [1.29, 1.82) is 0 Å². The van der Waals surface area contributed by atoms with Gasteiger partial charge >= 0.3 is 0 Å². The van der Waals surface area contributed by atoms with Gasteiger partial charge in [0.15, 0.2) is 5.78 Å². The smallest absolute Gasteiger partial charge is 0.220 e. The van der Waals surface area contributed by atoms with Crippen LogP contribution in [0.5, 0.6) is 0 Å². The molecule has 0 saturated carbocycles. The van der Waals surface area contributed by atoms with Gasteiger partial charge in [0.25, 0.3) is 0 Å². The van der Waals surface area contributed by atoms with Crippen LogP contribution in [0, 0.1) is 6.92 Å². The largest absolute Gasteiger partial charge is 0.354 e. The zero-order valence-electron chi connectivity index (χ0n) is 11.3. The lowest BCUT2D eigenvalue weighted by atomic mass is 10.0. The highest BCUT2D eigenvalue weighted by molar-refractivity contribution is 5.96. The lowest BCUT2D eigenvalue weighted by Gasteiger charge is -2.07. The van der Waals surface area contributed by atoms with Gasteiger partial charge < -0.3 is 5.32 Å². The van der Waals surface area contributed by atoms with Gasteiger partial charge in [0.2, 0.25) is 5.91 Å². The molecule has 18 heavy (non-hydrogen) atoms. The van der Waals surface area contributed by atoms with E-state index in [1.807, 2.05) is 45.0 Å². The molecule has 0 aliphatic rings. The molecule has 98 valence electrons. The third-order valence-electron chi connectivity index (χ3n) is 2.63. The average Bonchev–Trinajstić information content (AvgIpc) is 2.28. The molecule has 0 heterocycles. The Hall–Kier alpha value is -1.64. The number of hydrogen-bond acceptors (Lipinski definition) is 2. The van der Waals surface area contributed by atoms with Crippen LogP contribution in [-0.4, -0.2) is 17.7 Å². The molecule has 0 fully saturated rings. The molecule has 3 heteroatoms. The fourth-order valence-corrected chi connectivity index (χ4v) is 1.69. The summed E-state index contributed by atoms with van der Waals surface area (Å²) < 4.78 is 0. The summed E-state index contributed by atoms with van der Waals surface area (Å²) in [6.07, 6.45) is 1.44. The molecule has 1 rings (SSSR count). The minimum atomic E-state index is 0.0155. The van der Waals surface area contributed by atoms with Gasteiger partial charge in [-0.3, -0.25) is 9.59 Å². The van der Waals surface area contributed by atoms with Crippen molar-refractivity contribution in [2.24, 2.45) is 0 Å². The third-order valence-corrected chi connectivity index (χ3v) is 2.63. The molecule has 3 nitrogen and oxygen atoms in total. The lowest BCUT2D eigenvalue weighted by molar-refractivity contribution is -0.121. The molecule has 1 aromatic carbocycles. The Morgan fingerprint density at radius 3 is 2.28 bits per heavy atom. The average molecular weight is 247 g/mol. The number of nitrogens with one attached hydrogen (secondary N) is 1. The Kier molecular flexibility index (Phi) is 5.56. The Labute approximate surface area is 109 Å². The molecule has 0 bridgehead atoms. The third kappa shape index (κ3) is 5.13. The molecule has 0 atom stereocenters. The SMILES string of the molecule is Cc1ccc(C(=O)CCCC(=O)NC(C)C)cc1. The van der Waals surface area contributed by atoms with Crippen LogP contribution in [0.15, 0.2) is 24.3 Å². The number of Topliss-reactive ketones (excluding diaryl/α,β-unsaturated/α-hetero) is 1. The fraction of sp³-hybridized carbons (Fsp3) is 0.467. The van der Waals surface area contributed by atoms with Crippen molar-refractivity contribution in [2.45, 2.75) is 46.1 Å². The standard InChI is InChI=1S/C15H21NO2/c1-11(2)16-15(18)6-4-5-14(17)13-9-7-12(3)8-10-13/h7-11H,4-6H2,1-3H3,(H,16,18). The molecule has 0 spiro atoms. The molecule has 0 unspecified atom stereocenters. The molecule has 0 aliphatic heterocycles. The van der Waals surface area contributed by atoms with Crippen molar-refractivity contribution in [3.05, 3.63) is 35.4 Å². The van der Waals surface area contributed by atoms with E-state index in [1.165, 1.54) is 0 Å². The van der Waals surface area contributed by atoms with Gasteiger partial charge in [-0.25, -0.2) is 0 Å². The van der Waals surface area contributed by atoms with Gasteiger partial charge in [-0.1, -0.05) is 29.8 Å². The van der Waals surface area contributed by atoms with Crippen molar-refractivity contribution in [3.63, 3.8) is 0 Å². The van der Waals surface area contributed by atoms with E-state index in [1.54, 1.807) is 0 Å². The summed E-state index contributed by atoms with van der Waals surface area (Å²) in [5, 5.41) is 2.81. The molecule has 0 saturated heterocycles. The second-order valence-corrected chi connectivity index (χ2v) is 4.86. The second kappa shape index (κ2) is 6.94. The summed E-state index contributed by atoms with van der Waals surface area (Å²) in [7, 11) is 0. The van der Waals surface area contributed by atoms with E-state index in [0.29, 0.717) is 19.3 Å². The van der Waals surface area contributed by atoms with Crippen molar-refractivity contribution in [2.75, 3.05) is 0 Å². The zero-order chi connectivity index (χ0) is 13.5. The van der Waals surface area contributed by atoms with Gasteiger partial charge in [0, 0.05) is 24.4 Å². The fourth-order valence-electron chi connectivity index (χ4n) is 1.69. The first-order chi connectivity index (χ1) is 8.49. The molecule has 1 N–H and O–H groups in total. The van der Waals surface area contributed by atoms with Gasteiger partial charge in [-0.2, -0.15) is 0 Å². The van der Waals surface area contributed by atoms with Crippen LogP contribution in [0.3, 0.4) is 0 Å². The zero-order valence-corrected chi connectivity index (χ0v) is 11.3. The van der Waals surface area contributed by atoms with Crippen LogP contribution in [0.25, 0.3) is 0 Å². The second-order valence-electron chi connectivity index (χ2n) is 4.86. The number of hydrogen-bond donors (Lipinski definition) is 1. The van der Waals surface area contributed by atoms with E-state index < -0.39 is 0 Å². The molecule has 1 amide bonds. The highest BCUT2D eigenvalue weighted by Gasteiger charge is 2.08. The number of rotatable bonds is 6. The molecule has 0 aromatic heterocycles. The van der Waals surface area contributed by atoms with Gasteiger partial charge in [0.05, 0.1) is 0 Å². The number of carbonyl (C=O) groups excluding carboxylic acids is 2. The van der Waals surface area contributed by atoms with E-state index in [0.717, 1.165) is 11.1 Å². The number of ketones is 1. The van der Waals surface area contributed by atoms with Crippen LogP contribution < -0.4 is 5.32 Å². The van der Waals surface area contributed by atoms with Crippen LogP contribution >= 0.6 is 0 Å². The van der Waals surface area contributed by atoms with E-state index in [2.05, 4.69) is 5.32 Å². The van der Waals surface area contributed by atoms with E-state index in [4.69, 9.17) is 0 Å². The van der Waals surface area contributed by atoms with Crippen LogP contribution in [0.2, 0.25) is 0 Å². The Morgan fingerprint density at radius 2 is 1.72 bits per heavy atom. The first-order valence-electron chi connectivity index (χ1n) is 6.38. The first-order valence-corrected chi connectivity index (χ1v) is 6.38. The van der Waals surface area contributed by atoms with Crippen LogP contribution in [0.4, 0.5) is 0 Å². The summed E-state index contributed by atoms with van der Waals surface area (Å²) >= 11 is 0. The van der Waals surface area contributed by atoms with Crippen LogP contribution in [-0.2, 0) is 4.79 Å². The summed E-state index contributed by atoms with van der Waals surface area (Å²) in [5.41, 5.74) is 1.87. The maximum Gasteiger partial charge on any atom is 0.220 e. The maximum atomic E-state index is 11.8. The van der Waals surface area contributed by atoms with Gasteiger partial charge in [0.1, 0.15) is 0 Å². The Balaban J connectivity index is 2.33. The first kappa shape index (κ1) is 14.4. The summed E-state index contributed by atoms with van der Waals surface area (Å²) in [5.74, 6) is 0.119. The Bertz CT molecular complexity index is 407. The van der Waals surface area contributed by atoms with Crippen molar-refractivity contribution < 1.29 is 9.59 Å².